The average molecular weight is 406 g/mol. The Hall–Kier alpha value is -1.80. The van der Waals surface area contributed by atoms with Gasteiger partial charge >= 0.3 is 0 Å². The number of aryl methyl sites for hydroxylation is 1. The van der Waals surface area contributed by atoms with Crippen LogP contribution in [0.2, 0.25) is 0 Å². The molecule has 1 fully saturated rings. The molecule has 7 nitrogen and oxygen atoms in total. The van der Waals surface area contributed by atoms with Crippen LogP contribution in [0, 0.1) is 5.92 Å². The van der Waals surface area contributed by atoms with E-state index in [0.29, 0.717) is 36.1 Å². The fraction of sp³-hybridized carbons (Fsp3) is 0.700. The number of anilines is 1. The molecule has 28 heavy (non-hydrogen) atoms. The molecule has 154 valence electrons. The third kappa shape index (κ3) is 6.10. The van der Waals surface area contributed by atoms with Gasteiger partial charge in [-0.25, -0.2) is 4.98 Å². The van der Waals surface area contributed by atoms with Crippen LogP contribution in [0.15, 0.2) is 9.90 Å². The van der Waals surface area contributed by atoms with E-state index < -0.39 is 0 Å². The lowest BCUT2D eigenvalue weighted by atomic mass is 9.96. The van der Waals surface area contributed by atoms with Gasteiger partial charge in [-0.3, -0.25) is 9.69 Å². The van der Waals surface area contributed by atoms with Crippen LogP contribution in [0.25, 0.3) is 0 Å². The molecule has 8 heteroatoms. The molecule has 0 bridgehead atoms. The lowest BCUT2D eigenvalue weighted by Gasteiger charge is -2.29. The predicted molar refractivity (Wildman–Crippen MR) is 110 cm³/mol. The monoisotopic (exact) mass is 405 g/mol. The Morgan fingerprint density at radius 1 is 1.32 bits per heavy atom. The standard InChI is InChI=1S/C20H31N5O2S/c1-14-8-10-25(11-9-14)12-15-13-28-19(21-15)22-16(26)6-5-7-17-23-18(24-27-17)20(2,3)4/h13-14H,5-12H2,1-4H3,(H,21,22,26). The van der Waals surface area contributed by atoms with Crippen LogP contribution in [0.5, 0.6) is 0 Å². The first-order valence-electron chi connectivity index (χ1n) is 10.1. The summed E-state index contributed by atoms with van der Waals surface area (Å²) in [7, 11) is 0. The predicted octanol–water partition coefficient (Wildman–Crippen LogP) is 4.02. The topological polar surface area (TPSA) is 84.2 Å². The number of aromatic nitrogens is 3. The van der Waals surface area contributed by atoms with Gasteiger partial charge in [-0.15, -0.1) is 11.3 Å². The highest BCUT2D eigenvalue weighted by Gasteiger charge is 2.21. The van der Waals surface area contributed by atoms with Crippen LogP contribution in [-0.2, 0) is 23.2 Å². The van der Waals surface area contributed by atoms with E-state index in [2.05, 4.69) is 32.3 Å². The van der Waals surface area contributed by atoms with Crippen LogP contribution in [-0.4, -0.2) is 39.0 Å². The summed E-state index contributed by atoms with van der Waals surface area (Å²) in [6, 6.07) is 0. The highest BCUT2D eigenvalue weighted by molar-refractivity contribution is 7.13. The van der Waals surface area contributed by atoms with Gasteiger partial charge in [0.25, 0.3) is 0 Å². The maximum absolute atomic E-state index is 12.2. The summed E-state index contributed by atoms with van der Waals surface area (Å²) < 4.78 is 5.27. The molecule has 1 aliphatic heterocycles. The maximum Gasteiger partial charge on any atom is 0.226 e. The van der Waals surface area contributed by atoms with E-state index >= 15 is 0 Å². The Bertz CT molecular complexity index is 772. The number of carbonyl (C=O) groups excluding carboxylic acids is 1. The van der Waals surface area contributed by atoms with Crippen LogP contribution in [0.1, 0.15) is 70.8 Å². The maximum atomic E-state index is 12.2. The third-order valence-electron chi connectivity index (χ3n) is 4.99. The smallest absolute Gasteiger partial charge is 0.226 e. The number of amides is 1. The molecule has 0 atom stereocenters. The molecule has 0 aromatic carbocycles. The van der Waals surface area contributed by atoms with Crippen LogP contribution in [0.4, 0.5) is 5.13 Å². The van der Waals surface area contributed by atoms with Gasteiger partial charge in [0.05, 0.1) is 5.69 Å². The van der Waals surface area contributed by atoms with Crippen LogP contribution < -0.4 is 5.32 Å². The molecule has 3 rings (SSSR count). The van der Waals surface area contributed by atoms with Gasteiger partial charge in [0, 0.05) is 30.2 Å². The number of hydrogen-bond acceptors (Lipinski definition) is 7. The number of nitrogens with zero attached hydrogens (tertiary/aromatic N) is 4. The quantitative estimate of drug-likeness (QED) is 0.749. The number of rotatable bonds is 7. The van der Waals surface area contributed by atoms with Gasteiger partial charge < -0.3 is 9.84 Å². The molecule has 3 heterocycles. The summed E-state index contributed by atoms with van der Waals surface area (Å²) in [4.78, 5) is 23.6. The van der Waals surface area contributed by atoms with Gasteiger partial charge in [0.1, 0.15) is 0 Å². The average Bonchev–Trinajstić information content (AvgIpc) is 3.26. The van der Waals surface area contributed by atoms with Crippen molar-refractivity contribution in [2.45, 2.75) is 71.8 Å². The fourth-order valence-corrected chi connectivity index (χ4v) is 3.85. The van der Waals surface area contributed by atoms with Crippen molar-refractivity contribution in [1.82, 2.24) is 20.0 Å². The molecule has 1 N–H and O–H groups in total. The zero-order chi connectivity index (χ0) is 20.1. The van der Waals surface area contributed by atoms with Crippen molar-refractivity contribution in [3.05, 3.63) is 22.8 Å². The van der Waals surface area contributed by atoms with E-state index in [9.17, 15) is 4.79 Å². The van der Waals surface area contributed by atoms with Crippen molar-refractivity contribution in [2.24, 2.45) is 5.92 Å². The highest BCUT2D eigenvalue weighted by atomic mass is 32.1. The van der Waals surface area contributed by atoms with Crippen molar-refractivity contribution in [3.8, 4) is 0 Å². The van der Waals surface area contributed by atoms with E-state index in [0.717, 1.165) is 31.2 Å². The normalized spacial score (nSPS) is 16.4. The second-order valence-electron chi connectivity index (χ2n) is 8.77. The molecule has 2 aromatic heterocycles. The summed E-state index contributed by atoms with van der Waals surface area (Å²) >= 11 is 1.49. The Kier molecular flexibility index (Phi) is 6.82. The van der Waals surface area contributed by atoms with Crippen molar-refractivity contribution in [1.29, 1.82) is 0 Å². The van der Waals surface area contributed by atoms with Crippen LogP contribution in [0.3, 0.4) is 0 Å². The molecule has 1 saturated heterocycles. The van der Waals surface area contributed by atoms with E-state index in [4.69, 9.17) is 4.52 Å². The molecule has 0 unspecified atom stereocenters. The summed E-state index contributed by atoms with van der Waals surface area (Å²) in [6.45, 7) is 11.6. The Balaban J connectivity index is 1.39. The van der Waals surface area contributed by atoms with Crippen LogP contribution >= 0.6 is 11.3 Å². The molecule has 0 saturated carbocycles. The minimum Gasteiger partial charge on any atom is -0.339 e. The summed E-state index contributed by atoms with van der Waals surface area (Å²) in [5.74, 6) is 2.09. The molecule has 0 aliphatic carbocycles. The minimum absolute atomic E-state index is 0.0248. The van der Waals surface area contributed by atoms with Gasteiger partial charge in [0.15, 0.2) is 11.0 Å². The lowest BCUT2D eigenvalue weighted by Crippen LogP contribution is -2.32. The fourth-order valence-electron chi connectivity index (χ4n) is 3.13. The number of nitrogens with one attached hydrogen (secondary N) is 1. The summed E-state index contributed by atoms with van der Waals surface area (Å²) in [6.07, 6.45) is 4.19. The summed E-state index contributed by atoms with van der Waals surface area (Å²) in [5.41, 5.74) is 0.907. The second-order valence-corrected chi connectivity index (χ2v) is 9.62. The van der Waals surface area contributed by atoms with E-state index in [1.807, 2.05) is 26.2 Å². The minimum atomic E-state index is -0.131. The molecule has 1 amide bonds. The first-order chi connectivity index (χ1) is 13.3. The molecule has 0 spiro atoms. The van der Waals surface area contributed by atoms with Gasteiger partial charge in [-0.1, -0.05) is 32.9 Å². The molecule has 1 aliphatic rings. The van der Waals surface area contributed by atoms with E-state index in [-0.39, 0.29) is 11.3 Å². The van der Waals surface area contributed by atoms with Gasteiger partial charge in [-0.05, 0) is 38.3 Å². The first kappa shape index (κ1) is 20.9. The molecular formula is C20H31N5O2S. The van der Waals surface area contributed by atoms with Crippen molar-refractivity contribution < 1.29 is 9.32 Å². The van der Waals surface area contributed by atoms with Crippen molar-refractivity contribution in [3.63, 3.8) is 0 Å². The van der Waals surface area contributed by atoms with Gasteiger partial charge in [0.2, 0.25) is 11.8 Å². The number of piperidine rings is 1. The number of carbonyl (C=O) groups is 1. The Labute approximate surface area is 170 Å². The third-order valence-corrected chi connectivity index (χ3v) is 5.80. The molecule has 0 radical (unpaired) electrons. The number of thiazole rings is 1. The number of likely N-dealkylation sites (tertiary alicyclic amines) is 1. The largest absolute Gasteiger partial charge is 0.339 e. The first-order valence-corrected chi connectivity index (χ1v) is 11.0. The second kappa shape index (κ2) is 9.13. The summed E-state index contributed by atoms with van der Waals surface area (Å²) in [5, 5.41) is 9.64. The van der Waals surface area contributed by atoms with E-state index in [1.165, 1.54) is 24.2 Å². The van der Waals surface area contributed by atoms with E-state index in [1.54, 1.807) is 0 Å². The molecule has 2 aromatic rings. The Morgan fingerprint density at radius 3 is 2.75 bits per heavy atom. The zero-order valence-corrected chi connectivity index (χ0v) is 18.1. The van der Waals surface area contributed by atoms with Crippen molar-refractivity contribution >= 4 is 22.4 Å². The van der Waals surface area contributed by atoms with Crippen molar-refractivity contribution in [2.75, 3.05) is 18.4 Å². The lowest BCUT2D eigenvalue weighted by molar-refractivity contribution is -0.116. The Morgan fingerprint density at radius 2 is 2.07 bits per heavy atom. The zero-order valence-electron chi connectivity index (χ0n) is 17.3. The number of hydrogen-bond donors (Lipinski definition) is 1. The highest BCUT2D eigenvalue weighted by Crippen LogP contribution is 2.22. The SMILES string of the molecule is CC1CCN(Cc2csc(NC(=O)CCCc3nc(C(C)(C)C)no3)n2)CC1. The van der Waals surface area contributed by atoms with Gasteiger partial charge in [-0.2, -0.15) is 4.98 Å². The molecular weight excluding hydrogens is 374 g/mol.